The molecule has 2 rings (SSSR count). The summed E-state index contributed by atoms with van der Waals surface area (Å²) in [5, 5.41) is 2.69. The monoisotopic (exact) mass is 321 g/mol. The van der Waals surface area contributed by atoms with Gasteiger partial charge in [0.2, 0.25) is 5.91 Å². The van der Waals surface area contributed by atoms with Gasteiger partial charge in [-0.3, -0.25) is 4.79 Å². The molecule has 1 amide bonds. The first kappa shape index (κ1) is 16.2. The fraction of sp³-hybridized carbons (Fsp3) is 0.188. The zero-order valence-corrected chi connectivity index (χ0v) is 12.9. The fourth-order valence-electron chi connectivity index (χ4n) is 1.92. The molecule has 1 N–H and O–H groups in total. The molecule has 0 aliphatic rings. The van der Waals surface area contributed by atoms with Gasteiger partial charge in [-0.05, 0) is 48.4 Å². The van der Waals surface area contributed by atoms with Crippen LogP contribution in [0.1, 0.15) is 12.0 Å². The molecule has 0 saturated heterocycles. The minimum absolute atomic E-state index is 0.184. The number of nitrogens with one attached hydrogen (secondary N) is 1. The largest absolute Gasteiger partial charge is 0.326 e. The third-order valence-corrected chi connectivity index (χ3v) is 4.25. The zero-order valence-electron chi connectivity index (χ0n) is 12.0. The first-order chi connectivity index (χ1) is 10.3. The molecule has 0 aliphatic heterocycles. The third kappa shape index (κ3) is 4.66. The van der Waals surface area contributed by atoms with Gasteiger partial charge in [-0.1, -0.05) is 12.1 Å². The summed E-state index contributed by atoms with van der Waals surface area (Å²) < 4.78 is 35.4. The Bertz CT molecular complexity index is 753. The fourth-order valence-corrected chi connectivity index (χ4v) is 2.55. The van der Waals surface area contributed by atoms with Crippen LogP contribution in [0.5, 0.6) is 0 Å². The Balaban J connectivity index is 1.90. The first-order valence-electron chi connectivity index (χ1n) is 6.69. The molecule has 0 radical (unpaired) electrons. The highest BCUT2D eigenvalue weighted by Gasteiger charge is 2.08. The minimum Gasteiger partial charge on any atom is -0.326 e. The maximum Gasteiger partial charge on any atom is 0.224 e. The van der Waals surface area contributed by atoms with Gasteiger partial charge in [-0.2, -0.15) is 0 Å². The van der Waals surface area contributed by atoms with Crippen molar-refractivity contribution in [3.8, 4) is 0 Å². The van der Waals surface area contributed by atoms with Crippen molar-refractivity contribution in [3.05, 3.63) is 59.9 Å². The van der Waals surface area contributed by atoms with Crippen molar-refractivity contribution in [2.45, 2.75) is 17.7 Å². The second-order valence-corrected chi connectivity index (χ2v) is 6.99. The molecule has 0 aromatic heterocycles. The Kier molecular flexibility index (Phi) is 4.92. The highest BCUT2D eigenvalue weighted by molar-refractivity contribution is 7.90. The minimum atomic E-state index is -3.24. The Labute approximate surface area is 128 Å². The summed E-state index contributed by atoms with van der Waals surface area (Å²) in [5.74, 6) is -0.490. The van der Waals surface area contributed by atoms with E-state index in [2.05, 4.69) is 5.32 Å². The average molecular weight is 321 g/mol. The van der Waals surface area contributed by atoms with Crippen LogP contribution in [0.25, 0.3) is 0 Å². The number of benzene rings is 2. The molecule has 2 aromatic carbocycles. The van der Waals surface area contributed by atoms with Gasteiger partial charge in [0.1, 0.15) is 5.82 Å². The average Bonchev–Trinajstić information content (AvgIpc) is 2.46. The van der Waals surface area contributed by atoms with Crippen molar-refractivity contribution in [2.24, 2.45) is 0 Å². The van der Waals surface area contributed by atoms with Crippen molar-refractivity contribution in [2.75, 3.05) is 11.6 Å². The number of anilines is 1. The topological polar surface area (TPSA) is 63.2 Å². The molecule has 0 aliphatic carbocycles. The van der Waals surface area contributed by atoms with Gasteiger partial charge in [0.05, 0.1) is 4.90 Å². The van der Waals surface area contributed by atoms with Crippen molar-refractivity contribution in [1.82, 2.24) is 0 Å². The maximum atomic E-state index is 12.8. The van der Waals surface area contributed by atoms with Crippen LogP contribution in [0.4, 0.5) is 10.1 Å². The second-order valence-electron chi connectivity index (χ2n) is 4.97. The Hall–Kier alpha value is -2.21. The smallest absolute Gasteiger partial charge is 0.224 e. The van der Waals surface area contributed by atoms with Crippen LogP contribution < -0.4 is 5.32 Å². The van der Waals surface area contributed by atoms with Crippen LogP contribution in [0.3, 0.4) is 0 Å². The van der Waals surface area contributed by atoms with Crippen molar-refractivity contribution < 1.29 is 17.6 Å². The van der Waals surface area contributed by atoms with E-state index in [-0.39, 0.29) is 23.0 Å². The van der Waals surface area contributed by atoms with Crippen LogP contribution in [-0.4, -0.2) is 20.6 Å². The predicted octanol–water partition coefficient (Wildman–Crippen LogP) is 2.80. The van der Waals surface area contributed by atoms with Gasteiger partial charge in [0.15, 0.2) is 9.84 Å². The van der Waals surface area contributed by atoms with E-state index in [9.17, 15) is 17.6 Å². The SMILES string of the molecule is CS(=O)(=O)c1ccc(NC(=O)CCc2ccc(F)cc2)cc1. The number of carbonyl (C=O) groups is 1. The molecular formula is C16H16FNO3S. The van der Waals surface area contributed by atoms with Gasteiger partial charge in [-0.25, -0.2) is 12.8 Å². The maximum absolute atomic E-state index is 12.8. The predicted molar refractivity (Wildman–Crippen MR) is 82.9 cm³/mol. The Morgan fingerprint density at radius 3 is 2.18 bits per heavy atom. The van der Waals surface area contributed by atoms with Crippen LogP contribution in [-0.2, 0) is 21.1 Å². The van der Waals surface area contributed by atoms with Gasteiger partial charge < -0.3 is 5.32 Å². The number of amides is 1. The summed E-state index contributed by atoms with van der Waals surface area (Å²) in [6, 6.07) is 12.0. The molecule has 2 aromatic rings. The van der Waals surface area contributed by atoms with Crippen molar-refractivity contribution >= 4 is 21.4 Å². The van der Waals surface area contributed by atoms with Crippen LogP contribution >= 0.6 is 0 Å². The summed E-state index contributed by atoms with van der Waals surface area (Å²) in [6.45, 7) is 0. The van der Waals surface area contributed by atoms with E-state index in [4.69, 9.17) is 0 Å². The molecule has 0 fully saturated rings. The number of halogens is 1. The molecule has 0 saturated carbocycles. The van der Waals surface area contributed by atoms with Crippen LogP contribution in [0.15, 0.2) is 53.4 Å². The molecule has 0 unspecified atom stereocenters. The molecule has 0 spiro atoms. The van der Waals surface area contributed by atoms with E-state index in [1.165, 1.54) is 24.3 Å². The standard InChI is InChI=1S/C16H16FNO3S/c1-22(20,21)15-9-7-14(8-10-15)18-16(19)11-4-12-2-5-13(17)6-3-12/h2-3,5-10H,4,11H2,1H3,(H,18,19). The highest BCUT2D eigenvalue weighted by Crippen LogP contribution is 2.14. The number of rotatable bonds is 5. The van der Waals surface area contributed by atoms with E-state index in [0.29, 0.717) is 12.1 Å². The van der Waals surface area contributed by atoms with E-state index in [1.54, 1.807) is 24.3 Å². The van der Waals surface area contributed by atoms with Gasteiger partial charge in [0, 0.05) is 18.4 Å². The van der Waals surface area contributed by atoms with Crippen LogP contribution in [0, 0.1) is 5.82 Å². The van der Waals surface area contributed by atoms with Crippen molar-refractivity contribution in [1.29, 1.82) is 0 Å². The lowest BCUT2D eigenvalue weighted by Gasteiger charge is -2.06. The highest BCUT2D eigenvalue weighted by atomic mass is 32.2. The lowest BCUT2D eigenvalue weighted by atomic mass is 10.1. The van der Waals surface area contributed by atoms with E-state index >= 15 is 0 Å². The van der Waals surface area contributed by atoms with Gasteiger partial charge in [0.25, 0.3) is 0 Å². The number of hydrogen-bond donors (Lipinski definition) is 1. The van der Waals surface area contributed by atoms with Crippen molar-refractivity contribution in [3.63, 3.8) is 0 Å². The zero-order chi connectivity index (χ0) is 16.2. The summed E-state index contributed by atoms with van der Waals surface area (Å²) in [5.41, 5.74) is 1.42. The second kappa shape index (κ2) is 6.70. The molecule has 0 bridgehead atoms. The molecular weight excluding hydrogens is 305 g/mol. The van der Waals surface area contributed by atoms with E-state index < -0.39 is 9.84 Å². The molecule has 6 heteroatoms. The molecule has 4 nitrogen and oxygen atoms in total. The summed E-state index contributed by atoms with van der Waals surface area (Å²) in [7, 11) is -3.24. The molecule has 0 atom stereocenters. The number of carbonyl (C=O) groups excluding carboxylic acids is 1. The third-order valence-electron chi connectivity index (χ3n) is 3.12. The lowest BCUT2D eigenvalue weighted by molar-refractivity contribution is -0.116. The molecule has 116 valence electrons. The van der Waals surface area contributed by atoms with Gasteiger partial charge in [-0.15, -0.1) is 0 Å². The number of aryl methyl sites for hydroxylation is 1. The Morgan fingerprint density at radius 1 is 1.05 bits per heavy atom. The van der Waals surface area contributed by atoms with Crippen LogP contribution in [0.2, 0.25) is 0 Å². The molecule has 0 heterocycles. The summed E-state index contributed by atoms with van der Waals surface area (Å²) in [4.78, 5) is 12.0. The first-order valence-corrected chi connectivity index (χ1v) is 8.58. The Morgan fingerprint density at radius 2 is 1.64 bits per heavy atom. The number of sulfone groups is 1. The lowest BCUT2D eigenvalue weighted by Crippen LogP contribution is -2.12. The summed E-state index contributed by atoms with van der Waals surface area (Å²) >= 11 is 0. The summed E-state index contributed by atoms with van der Waals surface area (Å²) in [6.07, 6.45) is 1.90. The quantitative estimate of drug-likeness (QED) is 0.921. The van der Waals surface area contributed by atoms with Gasteiger partial charge >= 0.3 is 0 Å². The normalized spacial score (nSPS) is 11.2. The number of hydrogen-bond acceptors (Lipinski definition) is 3. The molecule has 22 heavy (non-hydrogen) atoms. The van der Waals surface area contributed by atoms with E-state index in [0.717, 1.165) is 11.8 Å². The van der Waals surface area contributed by atoms with E-state index in [1.807, 2.05) is 0 Å².